The fraction of sp³-hybridized carbons (Fsp3) is 0.278. The van der Waals surface area contributed by atoms with Gasteiger partial charge in [0.25, 0.3) is 5.91 Å². The zero-order valence-electron chi connectivity index (χ0n) is 13.1. The minimum absolute atomic E-state index is 0.214. The molecule has 2 aromatic carbocycles. The lowest BCUT2D eigenvalue weighted by atomic mass is 10.1. The number of morpholine rings is 1. The Morgan fingerprint density at radius 2 is 1.88 bits per heavy atom. The van der Waals surface area contributed by atoms with Gasteiger partial charge in [-0.2, -0.15) is 0 Å². The highest BCUT2D eigenvalue weighted by atomic mass is 35.5. The molecule has 1 heterocycles. The van der Waals surface area contributed by atoms with Gasteiger partial charge in [-0.05, 0) is 29.8 Å². The third kappa shape index (κ3) is 4.01. The van der Waals surface area contributed by atoms with Crippen molar-refractivity contribution in [3.05, 3.63) is 63.6 Å². The molecule has 4 nitrogen and oxygen atoms in total. The summed E-state index contributed by atoms with van der Waals surface area (Å²) < 4.78 is 5.40. The molecule has 3 rings (SSSR count). The van der Waals surface area contributed by atoms with Gasteiger partial charge < -0.3 is 15.0 Å². The molecular weight excluding hydrogens is 347 g/mol. The summed E-state index contributed by atoms with van der Waals surface area (Å²) in [7, 11) is 0. The molecule has 0 radical (unpaired) electrons. The van der Waals surface area contributed by atoms with Crippen LogP contribution in [0.5, 0.6) is 0 Å². The second kappa shape index (κ2) is 7.88. The average Bonchev–Trinajstić information content (AvgIpc) is 2.61. The van der Waals surface area contributed by atoms with Crippen LogP contribution >= 0.6 is 23.2 Å². The molecule has 0 aliphatic carbocycles. The van der Waals surface area contributed by atoms with Gasteiger partial charge in [0.05, 0.1) is 23.8 Å². The third-order valence-corrected chi connectivity index (χ3v) is 4.51. The maximum Gasteiger partial charge on any atom is 0.253 e. The molecular formula is C18H18Cl2N2O2. The molecule has 2 aromatic rings. The summed E-state index contributed by atoms with van der Waals surface area (Å²) in [4.78, 5) is 14.6. The van der Waals surface area contributed by atoms with E-state index >= 15 is 0 Å². The molecule has 126 valence electrons. The molecule has 1 saturated heterocycles. The van der Waals surface area contributed by atoms with Crippen LogP contribution in [0.15, 0.2) is 42.5 Å². The largest absolute Gasteiger partial charge is 0.378 e. The van der Waals surface area contributed by atoms with Crippen molar-refractivity contribution in [1.82, 2.24) is 5.32 Å². The molecule has 0 saturated carbocycles. The highest BCUT2D eigenvalue weighted by molar-refractivity contribution is 6.36. The molecule has 1 N–H and O–H groups in total. The van der Waals surface area contributed by atoms with Crippen molar-refractivity contribution in [1.29, 1.82) is 0 Å². The number of halogens is 2. The van der Waals surface area contributed by atoms with Crippen molar-refractivity contribution in [2.45, 2.75) is 6.54 Å². The van der Waals surface area contributed by atoms with Crippen molar-refractivity contribution >= 4 is 34.8 Å². The summed E-state index contributed by atoms with van der Waals surface area (Å²) >= 11 is 12.0. The van der Waals surface area contributed by atoms with Crippen molar-refractivity contribution in [3.63, 3.8) is 0 Å². The predicted molar refractivity (Wildman–Crippen MR) is 97.1 cm³/mol. The van der Waals surface area contributed by atoms with Crippen molar-refractivity contribution < 1.29 is 9.53 Å². The van der Waals surface area contributed by atoms with E-state index in [2.05, 4.69) is 16.3 Å². The lowest BCUT2D eigenvalue weighted by Gasteiger charge is -2.30. The van der Waals surface area contributed by atoms with E-state index in [0.29, 0.717) is 22.2 Å². The van der Waals surface area contributed by atoms with Crippen LogP contribution in [0.4, 0.5) is 5.69 Å². The van der Waals surface area contributed by atoms with Gasteiger partial charge in [-0.15, -0.1) is 0 Å². The van der Waals surface area contributed by atoms with Gasteiger partial charge in [0.15, 0.2) is 0 Å². The van der Waals surface area contributed by atoms with E-state index in [-0.39, 0.29) is 5.91 Å². The standard InChI is InChI=1S/C18H18Cl2N2O2/c19-14-5-6-15(16(20)11-14)18(23)21-12-13-3-1-2-4-17(13)22-7-9-24-10-8-22/h1-6,11H,7-10,12H2,(H,21,23). The number of para-hydroxylation sites is 1. The van der Waals surface area contributed by atoms with Gasteiger partial charge in [-0.1, -0.05) is 41.4 Å². The van der Waals surface area contributed by atoms with Gasteiger partial charge in [0, 0.05) is 30.3 Å². The van der Waals surface area contributed by atoms with Crippen molar-refractivity contribution in [3.8, 4) is 0 Å². The fourth-order valence-electron chi connectivity index (χ4n) is 2.72. The van der Waals surface area contributed by atoms with E-state index < -0.39 is 0 Å². The van der Waals surface area contributed by atoms with Gasteiger partial charge in [-0.25, -0.2) is 0 Å². The zero-order chi connectivity index (χ0) is 16.9. The summed E-state index contributed by atoms with van der Waals surface area (Å²) in [6, 6.07) is 12.9. The van der Waals surface area contributed by atoms with Crippen LogP contribution in [0.25, 0.3) is 0 Å². The van der Waals surface area contributed by atoms with Gasteiger partial charge in [0.1, 0.15) is 0 Å². The number of hydrogen-bond donors (Lipinski definition) is 1. The van der Waals surface area contributed by atoms with Crippen LogP contribution in [-0.2, 0) is 11.3 Å². The Kier molecular flexibility index (Phi) is 5.61. The first-order valence-corrected chi connectivity index (χ1v) is 8.54. The third-order valence-electron chi connectivity index (χ3n) is 3.96. The molecule has 0 unspecified atom stereocenters. The molecule has 1 amide bonds. The lowest BCUT2D eigenvalue weighted by molar-refractivity contribution is 0.0951. The van der Waals surface area contributed by atoms with Gasteiger partial charge in [-0.3, -0.25) is 4.79 Å². The summed E-state index contributed by atoms with van der Waals surface area (Å²) in [6.07, 6.45) is 0. The molecule has 1 fully saturated rings. The Morgan fingerprint density at radius 3 is 2.62 bits per heavy atom. The second-order valence-corrected chi connectivity index (χ2v) is 6.38. The summed E-state index contributed by atoms with van der Waals surface area (Å²) in [5, 5.41) is 3.79. The Bertz CT molecular complexity index is 731. The predicted octanol–water partition coefficient (Wildman–Crippen LogP) is 3.76. The smallest absolute Gasteiger partial charge is 0.253 e. The monoisotopic (exact) mass is 364 g/mol. The van der Waals surface area contributed by atoms with E-state index in [1.807, 2.05) is 18.2 Å². The molecule has 0 atom stereocenters. The molecule has 24 heavy (non-hydrogen) atoms. The van der Waals surface area contributed by atoms with E-state index in [0.717, 1.165) is 37.6 Å². The number of carbonyl (C=O) groups is 1. The summed E-state index contributed by atoms with van der Waals surface area (Å²) in [5.41, 5.74) is 2.62. The van der Waals surface area contributed by atoms with E-state index in [4.69, 9.17) is 27.9 Å². The first-order chi connectivity index (χ1) is 11.6. The number of ether oxygens (including phenoxy) is 1. The van der Waals surface area contributed by atoms with Gasteiger partial charge >= 0.3 is 0 Å². The van der Waals surface area contributed by atoms with Crippen LogP contribution in [0.3, 0.4) is 0 Å². The Balaban J connectivity index is 1.71. The summed E-state index contributed by atoms with van der Waals surface area (Å²) in [5.74, 6) is -0.214. The molecule has 1 aliphatic heterocycles. The number of carbonyl (C=O) groups excluding carboxylic acids is 1. The number of amides is 1. The fourth-order valence-corrected chi connectivity index (χ4v) is 3.21. The molecule has 0 spiro atoms. The van der Waals surface area contributed by atoms with E-state index in [9.17, 15) is 4.79 Å². The van der Waals surface area contributed by atoms with Gasteiger partial charge in [0.2, 0.25) is 0 Å². The first kappa shape index (κ1) is 17.1. The van der Waals surface area contributed by atoms with Crippen LogP contribution < -0.4 is 10.2 Å². The van der Waals surface area contributed by atoms with Crippen LogP contribution in [0.1, 0.15) is 15.9 Å². The molecule has 0 bridgehead atoms. The number of anilines is 1. The maximum atomic E-state index is 12.4. The molecule has 6 heteroatoms. The molecule has 1 aliphatic rings. The second-order valence-electron chi connectivity index (χ2n) is 5.53. The average molecular weight is 365 g/mol. The van der Waals surface area contributed by atoms with Crippen LogP contribution in [-0.4, -0.2) is 32.2 Å². The number of benzene rings is 2. The lowest BCUT2D eigenvalue weighted by Crippen LogP contribution is -2.37. The Labute approximate surface area is 151 Å². The summed E-state index contributed by atoms with van der Waals surface area (Å²) in [6.45, 7) is 3.59. The molecule has 0 aromatic heterocycles. The number of nitrogens with zero attached hydrogens (tertiary/aromatic N) is 1. The minimum atomic E-state index is -0.214. The van der Waals surface area contributed by atoms with Crippen LogP contribution in [0.2, 0.25) is 10.0 Å². The quantitative estimate of drug-likeness (QED) is 0.897. The topological polar surface area (TPSA) is 41.6 Å². The van der Waals surface area contributed by atoms with E-state index in [1.54, 1.807) is 18.2 Å². The SMILES string of the molecule is O=C(NCc1ccccc1N1CCOCC1)c1ccc(Cl)cc1Cl. The highest BCUT2D eigenvalue weighted by Crippen LogP contribution is 2.23. The Morgan fingerprint density at radius 1 is 1.12 bits per heavy atom. The number of nitrogens with one attached hydrogen (secondary N) is 1. The van der Waals surface area contributed by atoms with Crippen molar-refractivity contribution in [2.24, 2.45) is 0 Å². The first-order valence-electron chi connectivity index (χ1n) is 7.79. The zero-order valence-corrected chi connectivity index (χ0v) is 14.6. The maximum absolute atomic E-state index is 12.4. The van der Waals surface area contributed by atoms with E-state index in [1.165, 1.54) is 0 Å². The van der Waals surface area contributed by atoms with Crippen molar-refractivity contribution in [2.75, 3.05) is 31.2 Å². The Hall–Kier alpha value is -1.75. The van der Waals surface area contributed by atoms with Crippen LogP contribution in [0, 0.1) is 0 Å². The number of hydrogen-bond acceptors (Lipinski definition) is 3. The normalized spacial score (nSPS) is 14.5. The number of rotatable bonds is 4. The minimum Gasteiger partial charge on any atom is -0.378 e. The highest BCUT2D eigenvalue weighted by Gasteiger charge is 2.16.